The molecule has 98 valence electrons. The number of hydrogen-bond donors (Lipinski definition) is 1. The Bertz CT molecular complexity index is 552. The van der Waals surface area contributed by atoms with E-state index in [0.29, 0.717) is 11.5 Å². The van der Waals surface area contributed by atoms with Crippen LogP contribution in [-0.4, -0.2) is 12.0 Å². The van der Waals surface area contributed by atoms with Crippen molar-refractivity contribution in [3.8, 4) is 17.2 Å². The Morgan fingerprint density at radius 3 is 2.32 bits per heavy atom. The molecule has 1 atom stereocenters. The minimum Gasteiger partial charge on any atom is -0.457 e. The number of rotatable bonds is 4. The first-order valence-electron chi connectivity index (χ1n) is 5.95. The van der Waals surface area contributed by atoms with E-state index in [4.69, 9.17) is 15.2 Å². The Hall–Kier alpha value is -2.33. The van der Waals surface area contributed by atoms with Crippen LogP contribution in [0.2, 0.25) is 0 Å². The van der Waals surface area contributed by atoms with Gasteiger partial charge in [-0.1, -0.05) is 24.3 Å². The van der Waals surface area contributed by atoms with Crippen molar-refractivity contribution in [3.63, 3.8) is 0 Å². The molecule has 19 heavy (non-hydrogen) atoms. The summed E-state index contributed by atoms with van der Waals surface area (Å²) in [6, 6.07) is 15.6. The fourth-order valence-electron chi connectivity index (χ4n) is 1.43. The second-order valence-electron chi connectivity index (χ2n) is 4.10. The van der Waals surface area contributed by atoms with Gasteiger partial charge in [0, 0.05) is 6.07 Å². The molecular formula is C15H15NO3. The average Bonchev–Trinajstić information content (AvgIpc) is 2.40. The Labute approximate surface area is 111 Å². The Kier molecular flexibility index (Phi) is 4.15. The summed E-state index contributed by atoms with van der Waals surface area (Å²) in [5.41, 5.74) is 5.44. The van der Waals surface area contributed by atoms with Crippen LogP contribution in [0.25, 0.3) is 0 Å². The molecule has 0 saturated heterocycles. The van der Waals surface area contributed by atoms with Gasteiger partial charge in [0.2, 0.25) is 0 Å². The molecule has 0 heterocycles. The summed E-state index contributed by atoms with van der Waals surface area (Å²) in [6.45, 7) is 1.58. The highest BCUT2D eigenvalue weighted by molar-refractivity contribution is 5.77. The molecule has 4 nitrogen and oxygen atoms in total. The molecule has 0 saturated carbocycles. The first-order chi connectivity index (χ1) is 9.15. The predicted octanol–water partition coefficient (Wildman–Crippen LogP) is 2.73. The molecular weight excluding hydrogens is 242 g/mol. The van der Waals surface area contributed by atoms with Crippen molar-refractivity contribution in [1.29, 1.82) is 0 Å². The summed E-state index contributed by atoms with van der Waals surface area (Å²) in [7, 11) is 0. The van der Waals surface area contributed by atoms with Gasteiger partial charge in [0.05, 0.1) is 0 Å². The molecule has 0 aromatic heterocycles. The van der Waals surface area contributed by atoms with Gasteiger partial charge in [0.15, 0.2) is 0 Å². The van der Waals surface area contributed by atoms with Gasteiger partial charge >= 0.3 is 5.97 Å². The van der Waals surface area contributed by atoms with E-state index in [9.17, 15) is 4.79 Å². The SMILES string of the molecule is C[C@H](N)C(=O)Oc1cccc(Oc2ccccc2)c1. The van der Waals surface area contributed by atoms with Crippen LogP contribution in [0.4, 0.5) is 0 Å². The normalized spacial score (nSPS) is 11.7. The van der Waals surface area contributed by atoms with Crippen molar-refractivity contribution < 1.29 is 14.3 Å². The van der Waals surface area contributed by atoms with E-state index in [2.05, 4.69) is 0 Å². The molecule has 0 aliphatic rings. The molecule has 2 rings (SSSR count). The first-order valence-corrected chi connectivity index (χ1v) is 5.95. The van der Waals surface area contributed by atoms with Gasteiger partial charge in [-0.2, -0.15) is 0 Å². The van der Waals surface area contributed by atoms with E-state index in [-0.39, 0.29) is 0 Å². The lowest BCUT2D eigenvalue weighted by molar-refractivity contribution is -0.135. The molecule has 0 spiro atoms. The molecule has 2 aromatic carbocycles. The lowest BCUT2D eigenvalue weighted by Crippen LogP contribution is -2.30. The summed E-state index contributed by atoms with van der Waals surface area (Å²) in [4.78, 5) is 11.4. The Morgan fingerprint density at radius 2 is 1.63 bits per heavy atom. The van der Waals surface area contributed by atoms with Crippen LogP contribution in [0.15, 0.2) is 54.6 Å². The second kappa shape index (κ2) is 6.02. The van der Waals surface area contributed by atoms with Gasteiger partial charge in [-0.3, -0.25) is 0 Å². The lowest BCUT2D eigenvalue weighted by Gasteiger charge is -2.09. The number of nitrogens with two attached hydrogens (primary N) is 1. The van der Waals surface area contributed by atoms with Crippen molar-refractivity contribution >= 4 is 5.97 Å². The van der Waals surface area contributed by atoms with E-state index < -0.39 is 12.0 Å². The summed E-state index contributed by atoms with van der Waals surface area (Å²) in [6.07, 6.45) is 0. The molecule has 0 amide bonds. The molecule has 0 unspecified atom stereocenters. The molecule has 2 aromatic rings. The van der Waals surface area contributed by atoms with Crippen molar-refractivity contribution in [2.24, 2.45) is 5.73 Å². The average molecular weight is 257 g/mol. The monoisotopic (exact) mass is 257 g/mol. The minimum atomic E-state index is -0.654. The maximum Gasteiger partial charge on any atom is 0.328 e. The van der Waals surface area contributed by atoms with Crippen LogP contribution in [0, 0.1) is 0 Å². The maximum absolute atomic E-state index is 11.4. The van der Waals surface area contributed by atoms with Gasteiger partial charge < -0.3 is 15.2 Å². The van der Waals surface area contributed by atoms with Crippen molar-refractivity contribution in [1.82, 2.24) is 0 Å². The number of carbonyl (C=O) groups is 1. The number of carbonyl (C=O) groups excluding carboxylic acids is 1. The van der Waals surface area contributed by atoms with E-state index in [1.165, 1.54) is 0 Å². The third-order valence-corrected chi connectivity index (χ3v) is 2.37. The maximum atomic E-state index is 11.4. The highest BCUT2D eigenvalue weighted by Gasteiger charge is 2.10. The molecule has 0 radical (unpaired) electrons. The zero-order valence-corrected chi connectivity index (χ0v) is 10.6. The van der Waals surface area contributed by atoms with Crippen LogP contribution in [0.1, 0.15) is 6.92 Å². The van der Waals surface area contributed by atoms with Gasteiger partial charge in [-0.15, -0.1) is 0 Å². The molecule has 0 aliphatic carbocycles. The topological polar surface area (TPSA) is 61.6 Å². The zero-order valence-electron chi connectivity index (χ0n) is 10.6. The van der Waals surface area contributed by atoms with Crippen LogP contribution in [0.3, 0.4) is 0 Å². The third kappa shape index (κ3) is 3.82. The second-order valence-corrected chi connectivity index (χ2v) is 4.10. The quantitative estimate of drug-likeness (QED) is 0.675. The van der Waals surface area contributed by atoms with E-state index in [1.54, 1.807) is 31.2 Å². The number of esters is 1. The first kappa shape index (κ1) is 13.1. The molecule has 2 N–H and O–H groups in total. The smallest absolute Gasteiger partial charge is 0.328 e. The van der Waals surface area contributed by atoms with Crippen molar-refractivity contribution in [2.75, 3.05) is 0 Å². The van der Waals surface area contributed by atoms with Crippen LogP contribution >= 0.6 is 0 Å². The molecule has 0 aliphatic heterocycles. The molecule has 0 fully saturated rings. The largest absolute Gasteiger partial charge is 0.457 e. The fraction of sp³-hybridized carbons (Fsp3) is 0.133. The van der Waals surface area contributed by atoms with Gasteiger partial charge in [0.1, 0.15) is 23.3 Å². The zero-order chi connectivity index (χ0) is 13.7. The van der Waals surface area contributed by atoms with Crippen LogP contribution in [-0.2, 0) is 4.79 Å². The molecule has 0 bridgehead atoms. The molecule has 4 heteroatoms. The van der Waals surface area contributed by atoms with Gasteiger partial charge in [-0.25, -0.2) is 4.79 Å². The fourth-order valence-corrected chi connectivity index (χ4v) is 1.43. The summed E-state index contributed by atoms with van der Waals surface area (Å²) in [5.74, 6) is 1.26. The Balaban J connectivity index is 2.09. The summed E-state index contributed by atoms with van der Waals surface area (Å²) in [5, 5.41) is 0. The van der Waals surface area contributed by atoms with Crippen molar-refractivity contribution in [3.05, 3.63) is 54.6 Å². The van der Waals surface area contributed by atoms with Crippen LogP contribution < -0.4 is 15.2 Å². The highest BCUT2D eigenvalue weighted by atomic mass is 16.5. The number of hydrogen-bond acceptors (Lipinski definition) is 4. The third-order valence-electron chi connectivity index (χ3n) is 2.37. The van der Waals surface area contributed by atoms with E-state index in [1.807, 2.05) is 30.3 Å². The van der Waals surface area contributed by atoms with Crippen LogP contribution in [0.5, 0.6) is 17.2 Å². The van der Waals surface area contributed by atoms with E-state index >= 15 is 0 Å². The number of ether oxygens (including phenoxy) is 2. The number of para-hydroxylation sites is 1. The number of benzene rings is 2. The Morgan fingerprint density at radius 1 is 1.00 bits per heavy atom. The van der Waals surface area contributed by atoms with Gasteiger partial charge in [0.25, 0.3) is 0 Å². The van der Waals surface area contributed by atoms with E-state index in [0.717, 1.165) is 5.75 Å². The highest BCUT2D eigenvalue weighted by Crippen LogP contribution is 2.25. The van der Waals surface area contributed by atoms with Crippen molar-refractivity contribution in [2.45, 2.75) is 13.0 Å². The minimum absolute atomic E-state index is 0.413. The lowest BCUT2D eigenvalue weighted by atomic mass is 10.3. The summed E-state index contributed by atoms with van der Waals surface area (Å²) < 4.78 is 10.7. The predicted molar refractivity (Wildman–Crippen MR) is 72.2 cm³/mol. The van der Waals surface area contributed by atoms with Gasteiger partial charge in [-0.05, 0) is 31.2 Å². The standard InChI is InChI=1S/C15H15NO3/c1-11(16)15(17)19-14-9-5-8-13(10-14)18-12-6-3-2-4-7-12/h2-11H,16H2,1H3/t11-/m0/s1. The summed E-state index contributed by atoms with van der Waals surface area (Å²) >= 11 is 0.